The van der Waals surface area contributed by atoms with Crippen molar-refractivity contribution in [3.05, 3.63) is 59.4 Å². The molecule has 1 fully saturated rings. The molecule has 136 valence electrons. The van der Waals surface area contributed by atoms with E-state index < -0.39 is 0 Å². The minimum atomic E-state index is -0.126. The second kappa shape index (κ2) is 8.34. The smallest absolute Gasteiger partial charge is 0.123 e. The monoisotopic (exact) mass is 340 g/mol. The number of hydrogen-bond acceptors (Lipinski definition) is 0. The molecule has 4 unspecified atom stereocenters. The molecule has 1 heteroatoms. The van der Waals surface area contributed by atoms with Gasteiger partial charge >= 0.3 is 0 Å². The molecule has 0 bridgehead atoms. The Morgan fingerprint density at radius 3 is 2.28 bits per heavy atom. The van der Waals surface area contributed by atoms with E-state index in [1.54, 1.807) is 17.7 Å². The van der Waals surface area contributed by atoms with Crippen molar-refractivity contribution in [3.63, 3.8) is 0 Å². The van der Waals surface area contributed by atoms with Gasteiger partial charge in [-0.05, 0) is 73.5 Å². The molecule has 4 atom stereocenters. The Balaban J connectivity index is 1.97. The van der Waals surface area contributed by atoms with Gasteiger partial charge in [0.25, 0.3) is 0 Å². The summed E-state index contributed by atoms with van der Waals surface area (Å²) in [5.74, 6) is 2.57. The number of hydrogen-bond donors (Lipinski definition) is 0. The Labute approximate surface area is 153 Å². The second-order valence-corrected chi connectivity index (χ2v) is 8.16. The molecule has 0 heterocycles. The van der Waals surface area contributed by atoms with Crippen LogP contribution in [-0.4, -0.2) is 0 Å². The molecule has 0 radical (unpaired) electrons. The second-order valence-electron chi connectivity index (χ2n) is 8.16. The molecule has 2 aliphatic carbocycles. The minimum absolute atomic E-state index is 0.126. The highest BCUT2D eigenvalue weighted by atomic mass is 19.1. The predicted molar refractivity (Wildman–Crippen MR) is 105 cm³/mol. The van der Waals surface area contributed by atoms with Gasteiger partial charge < -0.3 is 0 Å². The van der Waals surface area contributed by atoms with Gasteiger partial charge in [-0.2, -0.15) is 0 Å². The zero-order valence-corrected chi connectivity index (χ0v) is 15.9. The van der Waals surface area contributed by atoms with E-state index in [0.29, 0.717) is 17.8 Å². The number of allylic oxidation sites excluding steroid dienone is 3. The van der Waals surface area contributed by atoms with Gasteiger partial charge in [0, 0.05) is 0 Å². The zero-order chi connectivity index (χ0) is 17.8. The van der Waals surface area contributed by atoms with E-state index in [1.807, 2.05) is 12.1 Å². The topological polar surface area (TPSA) is 0 Å². The first kappa shape index (κ1) is 18.4. The van der Waals surface area contributed by atoms with E-state index in [1.165, 1.54) is 56.1 Å². The van der Waals surface area contributed by atoms with Gasteiger partial charge in [-0.3, -0.25) is 0 Å². The molecule has 0 aromatic heterocycles. The summed E-state index contributed by atoms with van der Waals surface area (Å²) in [5.41, 5.74) is 4.23. The number of benzene rings is 1. The van der Waals surface area contributed by atoms with Gasteiger partial charge in [0.2, 0.25) is 0 Å². The van der Waals surface area contributed by atoms with Crippen LogP contribution in [0, 0.1) is 23.6 Å². The molecule has 25 heavy (non-hydrogen) atoms. The van der Waals surface area contributed by atoms with E-state index in [0.717, 1.165) is 12.3 Å². The highest BCUT2D eigenvalue weighted by Crippen LogP contribution is 2.48. The molecule has 1 aromatic rings. The van der Waals surface area contributed by atoms with Crippen LogP contribution in [0.4, 0.5) is 4.39 Å². The molecule has 1 aromatic carbocycles. The van der Waals surface area contributed by atoms with Crippen LogP contribution >= 0.6 is 0 Å². The van der Waals surface area contributed by atoms with E-state index in [-0.39, 0.29) is 5.82 Å². The third kappa shape index (κ3) is 4.25. The summed E-state index contributed by atoms with van der Waals surface area (Å²) < 4.78 is 13.5. The summed E-state index contributed by atoms with van der Waals surface area (Å²) in [7, 11) is 0. The summed E-state index contributed by atoms with van der Waals surface area (Å²) in [6.07, 6.45) is 12.4. The summed E-state index contributed by atoms with van der Waals surface area (Å²) >= 11 is 0. The molecule has 0 N–H and O–H groups in total. The fourth-order valence-corrected chi connectivity index (χ4v) is 5.17. The molecule has 1 saturated carbocycles. The Bertz CT molecular complexity index is 609. The SMILES string of the molecule is C=C1C=C(C2CCC(CC)CCC(CC)C2c2ccc(F)cc2)CC1. The summed E-state index contributed by atoms with van der Waals surface area (Å²) in [4.78, 5) is 0. The van der Waals surface area contributed by atoms with Gasteiger partial charge in [0.1, 0.15) is 5.82 Å². The van der Waals surface area contributed by atoms with Gasteiger partial charge in [0.15, 0.2) is 0 Å². The summed E-state index contributed by atoms with van der Waals surface area (Å²) in [6.45, 7) is 8.87. The van der Waals surface area contributed by atoms with Crippen LogP contribution in [0.5, 0.6) is 0 Å². The molecular formula is C24H33F. The first-order chi connectivity index (χ1) is 12.1. The Kier molecular flexibility index (Phi) is 6.15. The van der Waals surface area contributed by atoms with Crippen LogP contribution in [0.15, 0.2) is 48.1 Å². The van der Waals surface area contributed by atoms with Crippen LogP contribution in [0.25, 0.3) is 0 Å². The van der Waals surface area contributed by atoms with Crippen LogP contribution < -0.4 is 0 Å². The minimum Gasteiger partial charge on any atom is -0.207 e. The molecule has 0 nitrogen and oxygen atoms in total. The fraction of sp³-hybridized carbons (Fsp3) is 0.583. The lowest BCUT2D eigenvalue weighted by atomic mass is 9.66. The van der Waals surface area contributed by atoms with Crippen LogP contribution in [-0.2, 0) is 0 Å². The van der Waals surface area contributed by atoms with Crippen molar-refractivity contribution in [2.24, 2.45) is 17.8 Å². The Morgan fingerprint density at radius 1 is 0.960 bits per heavy atom. The lowest BCUT2D eigenvalue weighted by molar-refractivity contribution is 0.226. The molecule has 0 aliphatic heterocycles. The van der Waals surface area contributed by atoms with Crippen molar-refractivity contribution < 1.29 is 4.39 Å². The van der Waals surface area contributed by atoms with Crippen molar-refractivity contribution >= 4 is 0 Å². The van der Waals surface area contributed by atoms with Crippen molar-refractivity contribution in [1.29, 1.82) is 0 Å². The molecular weight excluding hydrogens is 307 g/mol. The third-order valence-corrected chi connectivity index (χ3v) is 6.73. The Morgan fingerprint density at radius 2 is 1.68 bits per heavy atom. The lowest BCUT2D eigenvalue weighted by Gasteiger charge is -2.38. The van der Waals surface area contributed by atoms with Crippen molar-refractivity contribution in [2.45, 2.75) is 71.1 Å². The highest BCUT2D eigenvalue weighted by molar-refractivity contribution is 5.34. The first-order valence-corrected chi connectivity index (χ1v) is 10.3. The van der Waals surface area contributed by atoms with Crippen LogP contribution in [0.3, 0.4) is 0 Å². The van der Waals surface area contributed by atoms with Gasteiger partial charge in [-0.25, -0.2) is 4.39 Å². The zero-order valence-electron chi connectivity index (χ0n) is 15.9. The number of halogens is 1. The Hall–Kier alpha value is -1.37. The van der Waals surface area contributed by atoms with Crippen molar-refractivity contribution in [1.82, 2.24) is 0 Å². The quantitative estimate of drug-likeness (QED) is 0.534. The molecule has 0 amide bonds. The van der Waals surface area contributed by atoms with E-state index >= 15 is 0 Å². The summed E-state index contributed by atoms with van der Waals surface area (Å²) in [5, 5.41) is 0. The fourth-order valence-electron chi connectivity index (χ4n) is 5.17. The van der Waals surface area contributed by atoms with Crippen LogP contribution in [0.1, 0.15) is 76.7 Å². The maximum absolute atomic E-state index is 13.5. The molecule has 0 saturated heterocycles. The van der Waals surface area contributed by atoms with Crippen molar-refractivity contribution in [3.8, 4) is 0 Å². The predicted octanol–water partition coefficient (Wildman–Crippen LogP) is 7.43. The van der Waals surface area contributed by atoms with Crippen molar-refractivity contribution in [2.75, 3.05) is 0 Å². The first-order valence-electron chi connectivity index (χ1n) is 10.3. The third-order valence-electron chi connectivity index (χ3n) is 6.73. The van der Waals surface area contributed by atoms with Gasteiger partial charge in [0.05, 0.1) is 0 Å². The molecule has 3 rings (SSSR count). The van der Waals surface area contributed by atoms with Gasteiger partial charge in [-0.15, -0.1) is 0 Å². The average molecular weight is 341 g/mol. The maximum atomic E-state index is 13.5. The normalized spacial score (nSPS) is 30.7. The molecule has 2 aliphatic rings. The highest BCUT2D eigenvalue weighted by Gasteiger charge is 2.35. The lowest BCUT2D eigenvalue weighted by Crippen LogP contribution is -2.26. The van der Waals surface area contributed by atoms with E-state index in [4.69, 9.17) is 0 Å². The standard InChI is InChI=1S/C24H33F/c1-4-18-7-10-19(5-2)24(20-11-13-22(25)14-12-20)23(15-8-18)21-9-6-17(3)16-21/h11-14,16,18-19,23-24H,3-10,15H2,1-2H3. The van der Waals surface area contributed by atoms with E-state index in [9.17, 15) is 4.39 Å². The van der Waals surface area contributed by atoms with E-state index in [2.05, 4.69) is 26.5 Å². The van der Waals surface area contributed by atoms with Crippen LogP contribution in [0.2, 0.25) is 0 Å². The average Bonchev–Trinajstić information content (AvgIpc) is 3.03. The molecule has 0 spiro atoms. The maximum Gasteiger partial charge on any atom is 0.123 e. The number of rotatable bonds is 4. The van der Waals surface area contributed by atoms with Gasteiger partial charge in [-0.1, -0.05) is 69.0 Å². The largest absolute Gasteiger partial charge is 0.207 e. The summed E-state index contributed by atoms with van der Waals surface area (Å²) in [6, 6.07) is 7.38.